The van der Waals surface area contributed by atoms with Gasteiger partial charge in [-0.2, -0.15) is 0 Å². The van der Waals surface area contributed by atoms with E-state index in [0.717, 1.165) is 40.1 Å². The average molecular weight is 297 g/mol. The smallest absolute Gasteiger partial charge is 0.224 e. The van der Waals surface area contributed by atoms with Crippen LogP contribution in [-0.4, -0.2) is 13.0 Å². The van der Waals surface area contributed by atoms with Crippen LogP contribution in [0.2, 0.25) is 0 Å². The molecule has 2 rings (SSSR count). The predicted octanol–water partition coefficient (Wildman–Crippen LogP) is 4.19. The number of amides is 1. The van der Waals surface area contributed by atoms with Crippen molar-refractivity contribution in [1.29, 1.82) is 0 Å². The Morgan fingerprint density at radius 3 is 2.32 bits per heavy atom. The van der Waals surface area contributed by atoms with Gasteiger partial charge in [0.1, 0.15) is 5.75 Å². The molecule has 0 saturated heterocycles. The van der Waals surface area contributed by atoms with Crippen molar-refractivity contribution in [1.82, 2.24) is 0 Å². The average Bonchev–Trinajstić information content (AvgIpc) is 2.44. The molecule has 116 valence electrons. The van der Waals surface area contributed by atoms with Crippen LogP contribution in [0.25, 0.3) is 0 Å². The van der Waals surface area contributed by atoms with E-state index < -0.39 is 0 Å². The molecule has 0 atom stereocenters. The minimum absolute atomic E-state index is 0.0403. The maximum Gasteiger partial charge on any atom is 0.224 e. The molecule has 3 heteroatoms. The minimum Gasteiger partial charge on any atom is -0.496 e. The molecule has 0 aromatic heterocycles. The van der Waals surface area contributed by atoms with Gasteiger partial charge in [0.25, 0.3) is 0 Å². The van der Waals surface area contributed by atoms with E-state index >= 15 is 0 Å². The van der Waals surface area contributed by atoms with Gasteiger partial charge in [-0.15, -0.1) is 0 Å². The first-order valence-corrected chi connectivity index (χ1v) is 7.49. The summed E-state index contributed by atoms with van der Waals surface area (Å²) in [6.07, 6.45) is 1.19. The second-order valence-corrected chi connectivity index (χ2v) is 5.73. The molecule has 0 aliphatic rings. The van der Waals surface area contributed by atoms with E-state index in [1.165, 1.54) is 0 Å². The summed E-state index contributed by atoms with van der Waals surface area (Å²) in [5.74, 6) is 0.918. The third kappa shape index (κ3) is 4.35. The second-order valence-electron chi connectivity index (χ2n) is 5.73. The van der Waals surface area contributed by atoms with Crippen molar-refractivity contribution in [3.8, 4) is 5.75 Å². The standard InChI is InChI=1S/C19H23NO2/c1-13-9-14(2)11-17(10-13)20-19(21)8-6-16-5-7-18(22-4)15(3)12-16/h5,7,9-12H,6,8H2,1-4H3,(H,20,21). The number of methoxy groups -OCH3 is 1. The number of carbonyl (C=O) groups excluding carboxylic acids is 1. The maximum absolute atomic E-state index is 12.1. The van der Waals surface area contributed by atoms with Crippen LogP contribution in [0.4, 0.5) is 5.69 Å². The van der Waals surface area contributed by atoms with Crippen molar-refractivity contribution < 1.29 is 9.53 Å². The Bertz CT molecular complexity index is 657. The van der Waals surface area contributed by atoms with Gasteiger partial charge >= 0.3 is 0 Å². The van der Waals surface area contributed by atoms with Crippen LogP contribution in [0.1, 0.15) is 28.7 Å². The molecule has 0 aliphatic heterocycles. The monoisotopic (exact) mass is 297 g/mol. The number of aryl methyl sites for hydroxylation is 4. The van der Waals surface area contributed by atoms with Crippen LogP contribution < -0.4 is 10.1 Å². The third-order valence-corrected chi connectivity index (χ3v) is 3.61. The first kappa shape index (κ1) is 16.1. The van der Waals surface area contributed by atoms with Gasteiger partial charge in [-0.25, -0.2) is 0 Å². The summed E-state index contributed by atoms with van der Waals surface area (Å²) in [5.41, 5.74) is 5.42. The Balaban J connectivity index is 1.94. The lowest BCUT2D eigenvalue weighted by Crippen LogP contribution is -2.12. The minimum atomic E-state index is 0.0403. The summed E-state index contributed by atoms with van der Waals surface area (Å²) in [7, 11) is 1.67. The van der Waals surface area contributed by atoms with E-state index in [-0.39, 0.29) is 5.91 Å². The van der Waals surface area contributed by atoms with Crippen LogP contribution in [-0.2, 0) is 11.2 Å². The molecule has 2 aromatic carbocycles. The molecular formula is C19H23NO2. The van der Waals surface area contributed by atoms with E-state index in [1.54, 1.807) is 7.11 Å². The first-order valence-electron chi connectivity index (χ1n) is 7.49. The number of ether oxygens (including phenoxy) is 1. The van der Waals surface area contributed by atoms with Gasteiger partial charge in [-0.05, 0) is 67.6 Å². The van der Waals surface area contributed by atoms with Crippen LogP contribution >= 0.6 is 0 Å². The Morgan fingerprint density at radius 1 is 1.05 bits per heavy atom. The fraction of sp³-hybridized carbons (Fsp3) is 0.316. The number of hydrogen-bond acceptors (Lipinski definition) is 2. The molecule has 0 unspecified atom stereocenters. The van der Waals surface area contributed by atoms with E-state index in [9.17, 15) is 4.79 Å². The zero-order chi connectivity index (χ0) is 16.1. The fourth-order valence-corrected chi connectivity index (χ4v) is 2.62. The van der Waals surface area contributed by atoms with Gasteiger partial charge in [-0.1, -0.05) is 18.2 Å². The molecule has 1 N–H and O–H groups in total. The lowest BCUT2D eigenvalue weighted by atomic mass is 10.1. The van der Waals surface area contributed by atoms with Gasteiger partial charge < -0.3 is 10.1 Å². The Hall–Kier alpha value is -2.29. The lowest BCUT2D eigenvalue weighted by molar-refractivity contribution is -0.116. The summed E-state index contributed by atoms with van der Waals surface area (Å²) in [5, 5.41) is 2.97. The number of benzene rings is 2. The van der Waals surface area contributed by atoms with Gasteiger partial charge in [0.15, 0.2) is 0 Å². The summed E-state index contributed by atoms with van der Waals surface area (Å²) in [6.45, 7) is 6.07. The lowest BCUT2D eigenvalue weighted by Gasteiger charge is -2.09. The highest BCUT2D eigenvalue weighted by molar-refractivity contribution is 5.91. The summed E-state index contributed by atoms with van der Waals surface area (Å²) in [4.78, 5) is 12.1. The molecule has 1 amide bonds. The molecule has 0 spiro atoms. The highest BCUT2D eigenvalue weighted by Crippen LogP contribution is 2.19. The largest absolute Gasteiger partial charge is 0.496 e. The van der Waals surface area contributed by atoms with Gasteiger partial charge in [-0.3, -0.25) is 4.79 Å². The number of carbonyl (C=O) groups is 1. The molecule has 3 nitrogen and oxygen atoms in total. The van der Waals surface area contributed by atoms with E-state index in [0.29, 0.717) is 6.42 Å². The number of nitrogens with one attached hydrogen (secondary N) is 1. The maximum atomic E-state index is 12.1. The molecule has 2 aromatic rings. The van der Waals surface area contributed by atoms with Crippen molar-refractivity contribution in [3.05, 3.63) is 58.7 Å². The Labute approximate surface area is 132 Å². The third-order valence-electron chi connectivity index (χ3n) is 3.61. The Morgan fingerprint density at radius 2 is 1.73 bits per heavy atom. The molecule has 0 saturated carbocycles. The van der Waals surface area contributed by atoms with Crippen molar-refractivity contribution in [2.75, 3.05) is 12.4 Å². The zero-order valence-corrected chi connectivity index (χ0v) is 13.7. The van der Waals surface area contributed by atoms with Crippen molar-refractivity contribution >= 4 is 11.6 Å². The predicted molar refractivity (Wildman–Crippen MR) is 90.6 cm³/mol. The summed E-state index contributed by atoms with van der Waals surface area (Å²) >= 11 is 0. The number of rotatable bonds is 5. The SMILES string of the molecule is COc1ccc(CCC(=O)Nc2cc(C)cc(C)c2)cc1C. The summed E-state index contributed by atoms with van der Waals surface area (Å²) in [6, 6.07) is 12.1. The van der Waals surface area contributed by atoms with Gasteiger partial charge in [0, 0.05) is 12.1 Å². The highest BCUT2D eigenvalue weighted by atomic mass is 16.5. The van der Waals surface area contributed by atoms with Crippen LogP contribution in [0, 0.1) is 20.8 Å². The topological polar surface area (TPSA) is 38.3 Å². The zero-order valence-electron chi connectivity index (χ0n) is 13.7. The number of anilines is 1. The highest BCUT2D eigenvalue weighted by Gasteiger charge is 2.06. The fourth-order valence-electron chi connectivity index (χ4n) is 2.62. The van der Waals surface area contributed by atoms with Gasteiger partial charge in [0.05, 0.1) is 7.11 Å². The van der Waals surface area contributed by atoms with Crippen LogP contribution in [0.5, 0.6) is 5.75 Å². The molecule has 0 bridgehead atoms. The van der Waals surface area contributed by atoms with Crippen molar-refractivity contribution in [3.63, 3.8) is 0 Å². The normalized spacial score (nSPS) is 10.4. The second kappa shape index (κ2) is 7.12. The van der Waals surface area contributed by atoms with Crippen molar-refractivity contribution in [2.24, 2.45) is 0 Å². The quantitative estimate of drug-likeness (QED) is 0.898. The van der Waals surface area contributed by atoms with Crippen LogP contribution in [0.15, 0.2) is 36.4 Å². The molecule has 0 heterocycles. The number of hydrogen-bond donors (Lipinski definition) is 1. The van der Waals surface area contributed by atoms with Crippen molar-refractivity contribution in [2.45, 2.75) is 33.6 Å². The molecule has 22 heavy (non-hydrogen) atoms. The van der Waals surface area contributed by atoms with E-state index in [1.807, 2.05) is 45.0 Å². The van der Waals surface area contributed by atoms with E-state index in [4.69, 9.17) is 4.74 Å². The summed E-state index contributed by atoms with van der Waals surface area (Å²) < 4.78 is 5.25. The van der Waals surface area contributed by atoms with Gasteiger partial charge in [0.2, 0.25) is 5.91 Å². The molecule has 0 radical (unpaired) electrons. The molecule has 0 aliphatic carbocycles. The van der Waals surface area contributed by atoms with E-state index in [2.05, 4.69) is 17.4 Å². The first-order chi connectivity index (χ1) is 10.5. The van der Waals surface area contributed by atoms with Crippen LogP contribution in [0.3, 0.4) is 0 Å². The Kier molecular flexibility index (Phi) is 5.21. The molecule has 0 fully saturated rings. The molecular weight excluding hydrogens is 274 g/mol.